The fourth-order valence-corrected chi connectivity index (χ4v) is 3.24. The Hall–Kier alpha value is -1.04. The Morgan fingerprint density at radius 2 is 1.67 bits per heavy atom. The van der Waals surface area contributed by atoms with Crippen molar-refractivity contribution in [2.24, 2.45) is 11.1 Å². The van der Waals surface area contributed by atoms with Gasteiger partial charge in [0.15, 0.2) is 6.23 Å². The molecule has 0 heterocycles. The summed E-state index contributed by atoms with van der Waals surface area (Å²) in [6.07, 6.45) is 4.21. The lowest BCUT2D eigenvalue weighted by molar-refractivity contribution is -0.143. The van der Waals surface area contributed by atoms with Crippen molar-refractivity contribution in [3.05, 3.63) is 0 Å². The molecule has 140 valence electrons. The number of rotatable bonds is 14. The first-order valence-electron chi connectivity index (χ1n) is 8.60. The summed E-state index contributed by atoms with van der Waals surface area (Å²) in [5, 5.41) is 9.24. The van der Waals surface area contributed by atoms with Gasteiger partial charge in [-0.2, -0.15) is 4.52 Å². The molecule has 7 nitrogen and oxygen atoms in total. The Morgan fingerprint density at radius 3 is 2.08 bits per heavy atom. The maximum absolute atomic E-state index is 12.1. The van der Waals surface area contributed by atoms with Gasteiger partial charge < -0.3 is 10.8 Å². The zero-order chi connectivity index (χ0) is 18.6. The Kier molecular flexibility index (Phi) is 11.8. The lowest BCUT2D eigenvalue weighted by Crippen LogP contribution is -2.28. The van der Waals surface area contributed by atoms with Crippen LogP contribution in [0, 0.1) is 5.41 Å². The van der Waals surface area contributed by atoms with E-state index < -0.39 is 31.8 Å². The van der Waals surface area contributed by atoms with Gasteiger partial charge in [-0.3, -0.25) is 4.79 Å². The third-order valence-electron chi connectivity index (χ3n) is 3.97. The van der Waals surface area contributed by atoms with Crippen LogP contribution < -0.4 is 5.73 Å². The van der Waals surface area contributed by atoms with E-state index in [-0.39, 0.29) is 12.8 Å². The summed E-state index contributed by atoms with van der Waals surface area (Å²) in [4.78, 5) is 23.4. The van der Waals surface area contributed by atoms with E-state index in [1.165, 1.54) is 0 Å². The summed E-state index contributed by atoms with van der Waals surface area (Å²) in [5.74, 6) is -1.64. The van der Waals surface area contributed by atoms with Crippen LogP contribution in [0.1, 0.15) is 78.6 Å². The quantitative estimate of drug-likeness (QED) is 0.351. The topological polar surface area (TPSA) is 116 Å². The molecule has 0 aliphatic rings. The number of unbranched alkanes of at least 4 members (excludes halogenated alkanes) is 2. The second-order valence-corrected chi connectivity index (χ2v) is 7.03. The predicted octanol–water partition coefficient (Wildman–Crippen LogP) is 4.13. The van der Waals surface area contributed by atoms with Gasteiger partial charge >= 0.3 is 20.2 Å². The van der Waals surface area contributed by atoms with Crippen LogP contribution in [0.5, 0.6) is 0 Å². The maximum atomic E-state index is 12.1. The highest BCUT2D eigenvalue weighted by molar-refractivity contribution is 7.34. The molecule has 0 aliphatic carbocycles. The van der Waals surface area contributed by atoms with Crippen molar-refractivity contribution in [1.29, 1.82) is 0 Å². The highest BCUT2D eigenvalue weighted by atomic mass is 31.1. The highest BCUT2D eigenvalue weighted by Crippen LogP contribution is 2.40. The first-order chi connectivity index (χ1) is 11.3. The van der Waals surface area contributed by atoms with Crippen molar-refractivity contribution in [3.63, 3.8) is 0 Å². The van der Waals surface area contributed by atoms with E-state index in [1.807, 2.05) is 13.8 Å². The molecule has 0 spiro atoms. The van der Waals surface area contributed by atoms with Gasteiger partial charge in [-0.15, -0.1) is 0 Å². The zero-order valence-corrected chi connectivity index (χ0v) is 15.8. The lowest BCUT2D eigenvalue weighted by Gasteiger charge is -2.31. The Morgan fingerprint density at radius 1 is 1.12 bits per heavy atom. The summed E-state index contributed by atoms with van der Waals surface area (Å²) in [7, 11) is -2.64. The highest BCUT2D eigenvalue weighted by Gasteiger charge is 2.38. The average molecular weight is 364 g/mol. The van der Waals surface area contributed by atoms with Crippen LogP contribution in [0.15, 0.2) is 0 Å². The van der Waals surface area contributed by atoms with Gasteiger partial charge in [-0.25, -0.2) is 4.79 Å². The summed E-state index contributed by atoms with van der Waals surface area (Å²) < 4.78 is 21.3. The van der Waals surface area contributed by atoms with Crippen LogP contribution in [0.25, 0.3) is 0 Å². The van der Waals surface area contributed by atoms with Crippen molar-refractivity contribution in [3.8, 4) is 0 Å². The van der Waals surface area contributed by atoms with Gasteiger partial charge in [0.05, 0.1) is 12.8 Å². The molecule has 0 amide bonds. The molecule has 1 unspecified atom stereocenters. The average Bonchev–Trinajstić information content (AvgIpc) is 2.49. The minimum atomic E-state index is -2.64. The molecule has 2 atom stereocenters. The SMILES string of the molecule is CCCCC(CCCC)(CC(=O)O)CC(=O)O[P+](=O)O[C@H](N)CC. The van der Waals surface area contributed by atoms with Gasteiger partial charge in [-0.05, 0) is 24.7 Å². The molecule has 0 saturated heterocycles. The molecule has 0 aromatic carbocycles. The van der Waals surface area contributed by atoms with Gasteiger partial charge in [0.2, 0.25) is 0 Å². The third kappa shape index (κ3) is 9.96. The molecule has 8 heteroatoms. The number of carboxylic acids is 1. The van der Waals surface area contributed by atoms with Crippen LogP contribution in [0.3, 0.4) is 0 Å². The lowest BCUT2D eigenvalue weighted by atomic mass is 9.73. The number of carboxylic acid groups (broad SMARTS) is 1. The third-order valence-corrected chi connectivity index (χ3v) is 4.76. The summed E-state index contributed by atoms with van der Waals surface area (Å²) >= 11 is 0. The molecule has 0 aliphatic heterocycles. The van der Waals surface area contributed by atoms with Crippen LogP contribution in [0.2, 0.25) is 0 Å². The zero-order valence-electron chi connectivity index (χ0n) is 15.0. The summed E-state index contributed by atoms with van der Waals surface area (Å²) in [6.45, 7) is 5.78. The van der Waals surface area contributed by atoms with E-state index in [0.29, 0.717) is 19.3 Å². The van der Waals surface area contributed by atoms with Crippen molar-refractivity contribution in [2.75, 3.05) is 0 Å². The van der Waals surface area contributed by atoms with Crippen LogP contribution in [-0.4, -0.2) is 23.3 Å². The van der Waals surface area contributed by atoms with Crippen molar-refractivity contribution < 1.29 is 28.3 Å². The Bertz CT molecular complexity index is 407. The molecule has 24 heavy (non-hydrogen) atoms. The molecule has 0 saturated carbocycles. The fourth-order valence-electron chi connectivity index (χ4n) is 2.59. The van der Waals surface area contributed by atoms with Gasteiger partial charge in [0.1, 0.15) is 0 Å². The van der Waals surface area contributed by atoms with Gasteiger partial charge in [0, 0.05) is 4.57 Å². The van der Waals surface area contributed by atoms with Crippen molar-refractivity contribution in [2.45, 2.75) is 84.8 Å². The first kappa shape index (κ1) is 23.0. The normalized spacial score (nSPS) is 13.4. The first-order valence-corrected chi connectivity index (χ1v) is 9.70. The molecule has 0 bridgehead atoms. The second kappa shape index (κ2) is 12.3. The van der Waals surface area contributed by atoms with Crippen molar-refractivity contribution in [1.82, 2.24) is 0 Å². The Balaban J connectivity index is 4.94. The smallest absolute Gasteiger partial charge is 0.481 e. The Labute approximate surface area is 145 Å². The number of hydrogen-bond acceptors (Lipinski definition) is 6. The predicted molar refractivity (Wildman–Crippen MR) is 91.4 cm³/mol. The van der Waals surface area contributed by atoms with E-state index >= 15 is 0 Å². The van der Waals surface area contributed by atoms with Crippen molar-refractivity contribution >= 4 is 20.2 Å². The molecule has 0 radical (unpaired) electrons. The number of aliphatic carboxylic acids is 1. The number of carbonyl (C=O) groups excluding carboxylic acids is 1. The number of hydrogen-bond donors (Lipinski definition) is 2. The van der Waals surface area contributed by atoms with Crippen LogP contribution in [0.4, 0.5) is 0 Å². The minimum absolute atomic E-state index is 0.0783. The van der Waals surface area contributed by atoms with E-state index in [2.05, 4.69) is 0 Å². The number of nitrogens with two attached hydrogens (primary N) is 1. The van der Waals surface area contributed by atoms with Crippen LogP contribution in [-0.2, 0) is 23.2 Å². The van der Waals surface area contributed by atoms with Gasteiger partial charge in [-0.1, -0.05) is 51.0 Å². The van der Waals surface area contributed by atoms with E-state index in [0.717, 1.165) is 25.7 Å². The molecule has 3 N–H and O–H groups in total. The van der Waals surface area contributed by atoms with E-state index in [9.17, 15) is 19.3 Å². The van der Waals surface area contributed by atoms with Crippen LogP contribution >= 0.6 is 8.25 Å². The molecular weight excluding hydrogens is 333 g/mol. The van der Waals surface area contributed by atoms with E-state index in [4.69, 9.17) is 14.8 Å². The van der Waals surface area contributed by atoms with E-state index in [1.54, 1.807) is 6.92 Å². The maximum Gasteiger partial charge on any atom is 0.754 e. The molecule has 0 aromatic heterocycles. The molecular formula is C16H31NO6P+. The van der Waals surface area contributed by atoms with Gasteiger partial charge in [0.25, 0.3) is 0 Å². The second-order valence-electron chi connectivity index (χ2n) is 6.19. The minimum Gasteiger partial charge on any atom is -0.481 e. The standard InChI is InChI=1S/C16H30NO6P/c1-4-7-9-16(10-8-5-2,11-14(18)19)12-15(20)23-24(21)22-13(17)6-3/h13H,4-12,17H2,1-3H3/p+1/t13-/m0/s1. The number of carbonyl (C=O) groups is 2. The largest absolute Gasteiger partial charge is 0.754 e. The summed E-state index contributed by atoms with van der Waals surface area (Å²) in [5.41, 5.74) is 4.83. The fraction of sp³-hybridized carbons (Fsp3) is 0.875. The molecule has 0 fully saturated rings. The monoisotopic (exact) mass is 364 g/mol. The molecule has 0 rings (SSSR count). The summed E-state index contributed by atoms with van der Waals surface area (Å²) in [6, 6.07) is 0. The molecule has 0 aromatic rings.